The van der Waals surface area contributed by atoms with Crippen molar-refractivity contribution in [1.29, 1.82) is 0 Å². The first-order valence-corrected chi connectivity index (χ1v) is 6.12. The van der Waals surface area contributed by atoms with E-state index < -0.39 is 0 Å². The quantitative estimate of drug-likeness (QED) is 0.875. The van der Waals surface area contributed by atoms with Crippen molar-refractivity contribution in [3.63, 3.8) is 0 Å². The van der Waals surface area contributed by atoms with Gasteiger partial charge in [-0.1, -0.05) is 6.07 Å². The predicted octanol–water partition coefficient (Wildman–Crippen LogP) is 3.20. The number of aryl methyl sites for hydroxylation is 1. The van der Waals surface area contributed by atoms with Crippen molar-refractivity contribution in [3.05, 3.63) is 47.5 Å². The first kappa shape index (κ1) is 13.0. The lowest BCUT2D eigenvalue weighted by molar-refractivity contribution is 0.469. The van der Waals surface area contributed by atoms with Gasteiger partial charge < -0.3 is 10.1 Å². The van der Waals surface area contributed by atoms with Crippen molar-refractivity contribution in [3.8, 4) is 5.75 Å². The number of aromatic amines is 1. The van der Waals surface area contributed by atoms with Crippen LogP contribution in [0.2, 0.25) is 0 Å². The number of benzene rings is 1. The molecule has 4 heteroatoms. The molecule has 1 aromatic carbocycles. The predicted molar refractivity (Wildman–Crippen MR) is 73.3 cm³/mol. The highest BCUT2D eigenvalue weighted by atomic mass is 35.5. The second-order valence-corrected chi connectivity index (χ2v) is 4.74. The first-order valence-electron chi connectivity index (χ1n) is 6.12. The van der Waals surface area contributed by atoms with E-state index in [-0.39, 0.29) is 12.4 Å². The van der Waals surface area contributed by atoms with Gasteiger partial charge in [-0.3, -0.25) is 0 Å². The van der Waals surface area contributed by atoms with Crippen LogP contribution in [0.4, 0.5) is 0 Å². The summed E-state index contributed by atoms with van der Waals surface area (Å²) in [4.78, 5) is 7.28. The molecule has 1 aliphatic rings. The average molecular weight is 265 g/mol. The van der Waals surface area contributed by atoms with Crippen LogP contribution < -0.4 is 0 Å². The Morgan fingerprint density at radius 2 is 2.28 bits per heavy atom. The van der Waals surface area contributed by atoms with Gasteiger partial charge in [-0.25, -0.2) is 4.98 Å². The molecule has 0 saturated carbocycles. The van der Waals surface area contributed by atoms with E-state index in [0.717, 1.165) is 18.5 Å². The van der Waals surface area contributed by atoms with Gasteiger partial charge in [0.15, 0.2) is 0 Å². The number of fused-ring (bicyclic) bond motifs is 1. The highest BCUT2D eigenvalue weighted by Crippen LogP contribution is 2.35. The Kier molecular flexibility index (Phi) is 3.92. The molecule has 0 amide bonds. The van der Waals surface area contributed by atoms with Gasteiger partial charge in [0.2, 0.25) is 0 Å². The molecule has 0 fully saturated rings. The number of imidazole rings is 1. The Morgan fingerprint density at radius 3 is 3.06 bits per heavy atom. The monoisotopic (exact) mass is 264 g/mol. The molecule has 1 aliphatic carbocycles. The molecule has 0 bridgehead atoms. The number of nitrogens with one attached hydrogen (secondary N) is 1. The fraction of sp³-hybridized carbons (Fsp3) is 0.357. The second-order valence-electron chi connectivity index (χ2n) is 4.74. The minimum absolute atomic E-state index is 0. The Labute approximate surface area is 113 Å². The van der Waals surface area contributed by atoms with E-state index >= 15 is 0 Å². The SMILES string of the molecule is Cl.Oc1ccc2c(c1)C(Cc1c[nH]cn1)CCC2. The minimum atomic E-state index is 0. The molecule has 1 aromatic heterocycles. The molecule has 0 aliphatic heterocycles. The smallest absolute Gasteiger partial charge is 0.115 e. The zero-order valence-corrected chi connectivity index (χ0v) is 10.9. The van der Waals surface area contributed by atoms with Crippen molar-refractivity contribution < 1.29 is 5.11 Å². The van der Waals surface area contributed by atoms with Crippen LogP contribution in [-0.4, -0.2) is 15.1 Å². The molecule has 1 unspecified atom stereocenters. The van der Waals surface area contributed by atoms with Crippen molar-refractivity contribution in [2.75, 3.05) is 0 Å². The van der Waals surface area contributed by atoms with Crippen LogP contribution in [0.5, 0.6) is 5.75 Å². The van der Waals surface area contributed by atoms with E-state index in [1.54, 1.807) is 12.4 Å². The zero-order valence-electron chi connectivity index (χ0n) is 10.1. The lowest BCUT2D eigenvalue weighted by atomic mass is 9.80. The number of rotatable bonds is 2. The van der Waals surface area contributed by atoms with Crippen molar-refractivity contribution in [2.45, 2.75) is 31.6 Å². The van der Waals surface area contributed by atoms with E-state index in [2.05, 4.69) is 16.0 Å². The number of H-pyrrole nitrogens is 1. The average Bonchev–Trinajstić information content (AvgIpc) is 2.83. The topological polar surface area (TPSA) is 48.9 Å². The largest absolute Gasteiger partial charge is 0.508 e. The molecular formula is C14H17ClN2O. The molecule has 2 aromatic rings. The molecule has 3 nitrogen and oxygen atoms in total. The maximum absolute atomic E-state index is 9.61. The fourth-order valence-electron chi connectivity index (χ4n) is 2.75. The molecule has 0 spiro atoms. The highest BCUT2D eigenvalue weighted by molar-refractivity contribution is 5.85. The summed E-state index contributed by atoms with van der Waals surface area (Å²) in [6.45, 7) is 0. The normalized spacial score (nSPS) is 17.9. The Morgan fingerprint density at radius 1 is 1.39 bits per heavy atom. The van der Waals surface area contributed by atoms with Crippen molar-refractivity contribution >= 4 is 12.4 Å². The summed E-state index contributed by atoms with van der Waals surface area (Å²) in [5.41, 5.74) is 3.79. The third kappa shape index (κ3) is 2.51. The Balaban J connectivity index is 0.00000120. The van der Waals surface area contributed by atoms with Crippen molar-refractivity contribution in [1.82, 2.24) is 9.97 Å². The van der Waals surface area contributed by atoms with Crippen LogP contribution in [0.25, 0.3) is 0 Å². The van der Waals surface area contributed by atoms with Crippen LogP contribution >= 0.6 is 12.4 Å². The molecule has 1 heterocycles. The third-order valence-electron chi connectivity index (χ3n) is 3.58. The van der Waals surface area contributed by atoms with Gasteiger partial charge in [0.05, 0.1) is 12.0 Å². The molecular weight excluding hydrogens is 248 g/mol. The molecule has 96 valence electrons. The summed E-state index contributed by atoms with van der Waals surface area (Å²) in [6.07, 6.45) is 8.18. The number of aromatic nitrogens is 2. The summed E-state index contributed by atoms with van der Waals surface area (Å²) >= 11 is 0. The Hall–Kier alpha value is -1.48. The zero-order chi connectivity index (χ0) is 11.7. The lowest BCUT2D eigenvalue weighted by Crippen LogP contribution is -2.12. The molecule has 18 heavy (non-hydrogen) atoms. The van der Waals surface area contributed by atoms with Gasteiger partial charge in [0.1, 0.15) is 5.75 Å². The van der Waals surface area contributed by atoms with E-state index in [1.807, 2.05) is 12.3 Å². The lowest BCUT2D eigenvalue weighted by Gasteiger charge is -2.25. The van der Waals surface area contributed by atoms with Crippen LogP contribution in [0.15, 0.2) is 30.7 Å². The number of halogens is 1. The summed E-state index contributed by atoms with van der Waals surface area (Å²) in [5, 5.41) is 9.61. The fourth-order valence-corrected chi connectivity index (χ4v) is 2.75. The first-order chi connectivity index (χ1) is 8.33. The summed E-state index contributed by atoms with van der Waals surface area (Å²) < 4.78 is 0. The maximum atomic E-state index is 9.61. The second kappa shape index (κ2) is 5.44. The van der Waals surface area contributed by atoms with Crippen LogP contribution in [0.3, 0.4) is 0 Å². The third-order valence-corrected chi connectivity index (χ3v) is 3.58. The number of hydrogen-bond donors (Lipinski definition) is 2. The van der Waals surface area contributed by atoms with Gasteiger partial charge in [-0.2, -0.15) is 0 Å². The maximum Gasteiger partial charge on any atom is 0.115 e. The minimum Gasteiger partial charge on any atom is -0.508 e. The molecule has 3 rings (SSSR count). The van der Waals surface area contributed by atoms with Gasteiger partial charge in [-0.05, 0) is 54.9 Å². The van der Waals surface area contributed by atoms with E-state index in [1.165, 1.54) is 24.0 Å². The van der Waals surface area contributed by atoms with Gasteiger partial charge in [0.25, 0.3) is 0 Å². The van der Waals surface area contributed by atoms with E-state index in [0.29, 0.717) is 11.7 Å². The highest BCUT2D eigenvalue weighted by Gasteiger charge is 2.21. The van der Waals surface area contributed by atoms with Crippen LogP contribution in [0.1, 0.15) is 35.6 Å². The van der Waals surface area contributed by atoms with E-state index in [9.17, 15) is 5.11 Å². The van der Waals surface area contributed by atoms with E-state index in [4.69, 9.17) is 0 Å². The number of aromatic hydroxyl groups is 1. The molecule has 0 saturated heterocycles. The molecule has 1 atom stereocenters. The summed E-state index contributed by atoms with van der Waals surface area (Å²) in [7, 11) is 0. The van der Waals surface area contributed by atoms with Gasteiger partial charge >= 0.3 is 0 Å². The van der Waals surface area contributed by atoms with Gasteiger partial charge in [0, 0.05) is 6.20 Å². The Bertz CT molecular complexity index is 511. The standard InChI is InChI=1S/C14H16N2O.ClH/c17-13-5-4-10-2-1-3-11(14(10)7-13)6-12-8-15-9-16-12;/h4-5,7-9,11,17H,1-3,6H2,(H,15,16);1H. The molecule has 2 N–H and O–H groups in total. The van der Waals surface area contributed by atoms with Gasteiger partial charge in [-0.15, -0.1) is 12.4 Å². The summed E-state index contributed by atoms with van der Waals surface area (Å²) in [5.74, 6) is 0.867. The van der Waals surface area contributed by atoms with Crippen LogP contribution in [0, 0.1) is 0 Å². The number of nitrogens with zero attached hydrogens (tertiary/aromatic N) is 1. The number of phenolic OH excluding ortho intramolecular Hbond substituents is 1. The van der Waals surface area contributed by atoms with Crippen molar-refractivity contribution in [2.24, 2.45) is 0 Å². The molecule has 0 radical (unpaired) electrons. The van der Waals surface area contributed by atoms with Crippen LogP contribution in [-0.2, 0) is 12.8 Å². The summed E-state index contributed by atoms with van der Waals surface area (Å²) in [6, 6.07) is 5.77. The number of phenols is 1. The number of hydrogen-bond acceptors (Lipinski definition) is 2.